The highest BCUT2D eigenvalue weighted by molar-refractivity contribution is 5.95. The lowest BCUT2D eigenvalue weighted by atomic mass is 10.1. The largest absolute Gasteiger partial charge is 0.467 e. The van der Waals surface area contributed by atoms with Gasteiger partial charge in [-0.25, -0.2) is 19.4 Å². The lowest BCUT2D eigenvalue weighted by Gasteiger charge is -2.16. The van der Waals surface area contributed by atoms with Crippen molar-refractivity contribution in [1.82, 2.24) is 10.3 Å². The highest BCUT2D eigenvalue weighted by atomic mass is 16.6. The zero-order valence-corrected chi connectivity index (χ0v) is 18.8. The zero-order valence-electron chi connectivity index (χ0n) is 18.8. The second-order valence-corrected chi connectivity index (χ2v) is 7.04. The van der Waals surface area contributed by atoms with Gasteiger partial charge in [0.05, 0.1) is 19.1 Å². The Morgan fingerprint density at radius 1 is 1.12 bits per heavy atom. The van der Waals surface area contributed by atoms with Gasteiger partial charge in [-0.05, 0) is 24.8 Å². The quantitative estimate of drug-likeness (QED) is 0.154. The first-order valence-corrected chi connectivity index (χ1v) is 10.4. The van der Waals surface area contributed by atoms with Crippen molar-refractivity contribution in [3.8, 4) is 0 Å². The Kier molecular flexibility index (Phi) is 10.2. The summed E-state index contributed by atoms with van der Waals surface area (Å²) in [6.45, 7) is 0.413. The van der Waals surface area contributed by atoms with E-state index in [1.165, 1.54) is 7.11 Å². The molecule has 182 valence electrons. The molecule has 2 aromatic rings. The smallest absolute Gasteiger partial charge is 0.408 e. The Morgan fingerprint density at radius 2 is 1.85 bits per heavy atom. The predicted octanol–water partition coefficient (Wildman–Crippen LogP) is 2.83. The van der Waals surface area contributed by atoms with Crippen LogP contribution in [0.3, 0.4) is 0 Å². The molecule has 0 saturated carbocycles. The molecule has 0 aliphatic rings. The van der Waals surface area contributed by atoms with Crippen molar-refractivity contribution in [2.75, 3.05) is 26.1 Å². The fourth-order valence-corrected chi connectivity index (χ4v) is 2.94. The number of carbonyl (C=O) groups excluding carboxylic acids is 3. The van der Waals surface area contributed by atoms with E-state index in [-0.39, 0.29) is 30.1 Å². The number of nitrogens with one attached hydrogen (secondary N) is 2. The average molecular weight is 474 g/mol. The Morgan fingerprint density at radius 3 is 2.50 bits per heavy atom. The molecular weight excluding hydrogens is 448 g/mol. The van der Waals surface area contributed by atoms with E-state index in [1.807, 2.05) is 30.3 Å². The maximum Gasteiger partial charge on any atom is 0.408 e. The van der Waals surface area contributed by atoms with E-state index in [0.717, 1.165) is 24.9 Å². The van der Waals surface area contributed by atoms with E-state index in [0.29, 0.717) is 19.4 Å². The van der Waals surface area contributed by atoms with Gasteiger partial charge in [0.2, 0.25) is 0 Å². The first-order valence-electron chi connectivity index (χ1n) is 10.4. The fraction of sp³-hybridized carbons (Fsp3) is 0.364. The van der Waals surface area contributed by atoms with Crippen molar-refractivity contribution in [3.05, 3.63) is 63.8 Å². The third kappa shape index (κ3) is 8.04. The minimum absolute atomic E-state index is 0.0630. The van der Waals surface area contributed by atoms with Crippen LogP contribution in [0.1, 0.15) is 35.2 Å². The second-order valence-electron chi connectivity index (χ2n) is 7.04. The summed E-state index contributed by atoms with van der Waals surface area (Å²) in [4.78, 5) is 50.2. The Hall–Kier alpha value is -4.22. The highest BCUT2D eigenvalue weighted by Crippen LogP contribution is 2.20. The molecule has 2 N–H and O–H groups in total. The maximum atomic E-state index is 12.1. The van der Waals surface area contributed by atoms with E-state index >= 15 is 0 Å². The number of ether oxygens (including phenoxy) is 3. The minimum atomic E-state index is -0.892. The zero-order chi connectivity index (χ0) is 24.9. The first kappa shape index (κ1) is 26.0. The highest BCUT2D eigenvalue weighted by Gasteiger charge is 2.22. The van der Waals surface area contributed by atoms with E-state index in [2.05, 4.69) is 20.4 Å². The van der Waals surface area contributed by atoms with Crippen molar-refractivity contribution in [3.63, 3.8) is 0 Å². The van der Waals surface area contributed by atoms with Gasteiger partial charge in [0.1, 0.15) is 30.2 Å². The molecule has 12 heteroatoms. The molecule has 1 amide bonds. The van der Waals surface area contributed by atoms with E-state index in [1.54, 1.807) is 0 Å². The van der Waals surface area contributed by atoms with Crippen LogP contribution in [0, 0.1) is 10.1 Å². The summed E-state index contributed by atoms with van der Waals surface area (Å²) in [5, 5.41) is 16.4. The molecule has 0 aliphatic heterocycles. The van der Waals surface area contributed by atoms with Crippen LogP contribution in [0.2, 0.25) is 0 Å². The molecule has 1 atom stereocenters. The number of nitrogens with zero attached hydrogens (tertiary/aromatic N) is 2. The number of amides is 1. The maximum absolute atomic E-state index is 12.1. The van der Waals surface area contributed by atoms with Crippen molar-refractivity contribution >= 4 is 29.5 Å². The lowest BCUT2D eigenvalue weighted by molar-refractivity contribution is -0.385. The fourth-order valence-electron chi connectivity index (χ4n) is 2.94. The van der Waals surface area contributed by atoms with Crippen LogP contribution >= 0.6 is 0 Å². The van der Waals surface area contributed by atoms with E-state index < -0.39 is 29.0 Å². The molecule has 0 bridgehead atoms. The van der Waals surface area contributed by atoms with Gasteiger partial charge in [-0.1, -0.05) is 30.3 Å². The summed E-state index contributed by atoms with van der Waals surface area (Å²) < 4.78 is 14.5. The van der Waals surface area contributed by atoms with Crippen LogP contribution in [-0.4, -0.2) is 54.7 Å². The number of pyridine rings is 1. The summed E-state index contributed by atoms with van der Waals surface area (Å²) in [6, 6.07) is 9.30. The SMILES string of the molecule is COC(=O)c1cc([N+](=O)[O-])cnc1NCCCCC(NC(=O)OCc1ccccc1)C(=O)OC. The number of alkyl carbamates (subject to hydrolysis) is 1. The van der Waals surface area contributed by atoms with Crippen LogP contribution < -0.4 is 10.6 Å². The Balaban J connectivity index is 1.84. The third-order valence-electron chi connectivity index (χ3n) is 4.69. The molecular formula is C22H26N4O8. The number of methoxy groups -OCH3 is 2. The third-order valence-corrected chi connectivity index (χ3v) is 4.69. The van der Waals surface area contributed by atoms with Crippen LogP contribution in [0.25, 0.3) is 0 Å². The lowest BCUT2D eigenvalue weighted by Crippen LogP contribution is -2.41. The first-order chi connectivity index (χ1) is 16.3. The number of esters is 2. The molecule has 0 aliphatic carbocycles. The summed E-state index contributed by atoms with van der Waals surface area (Å²) in [5.41, 5.74) is 0.411. The number of unbranched alkanes of at least 4 members (excludes halogenated alkanes) is 1. The van der Waals surface area contributed by atoms with Gasteiger partial charge in [0, 0.05) is 12.6 Å². The van der Waals surface area contributed by atoms with Gasteiger partial charge in [-0.2, -0.15) is 0 Å². The Labute approximate surface area is 195 Å². The van der Waals surface area contributed by atoms with E-state index in [4.69, 9.17) is 9.47 Å². The van der Waals surface area contributed by atoms with Crippen LogP contribution in [0.4, 0.5) is 16.3 Å². The van der Waals surface area contributed by atoms with Crippen LogP contribution in [0.15, 0.2) is 42.6 Å². The van der Waals surface area contributed by atoms with Gasteiger partial charge in [0.25, 0.3) is 5.69 Å². The average Bonchev–Trinajstić information content (AvgIpc) is 2.86. The minimum Gasteiger partial charge on any atom is -0.467 e. The summed E-state index contributed by atoms with van der Waals surface area (Å²) in [6.07, 6.45) is 1.62. The van der Waals surface area contributed by atoms with Crippen molar-refractivity contribution in [2.24, 2.45) is 0 Å². The molecule has 0 radical (unpaired) electrons. The predicted molar refractivity (Wildman–Crippen MR) is 120 cm³/mol. The standard InChI is InChI=1S/C22H26N4O8/c1-32-20(27)17-12-16(26(30)31)13-24-19(17)23-11-7-6-10-18(21(28)33-2)25-22(29)34-14-15-8-4-3-5-9-15/h3-5,8-9,12-13,18H,6-7,10-11,14H2,1-2H3,(H,23,24)(H,25,29). The number of anilines is 1. The normalized spacial score (nSPS) is 11.1. The van der Waals surface area contributed by atoms with Crippen molar-refractivity contribution in [2.45, 2.75) is 31.9 Å². The molecule has 1 aromatic heterocycles. The number of rotatable bonds is 12. The molecule has 0 spiro atoms. The number of hydrogen-bond acceptors (Lipinski definition) is 10. The number of nitro groups is 1. The molecule has 0 saturated heterocycles. The molecule has 34 heavy (non-hydrogen) atoms. The van der Waals surface area contributed by atoms with Gasteiger partial charge in [-0.3, -0.25) is 10.1 Å². The van der Waals surface area contributed by atoms with Crippen molar-refractivity contribution < 1.29 is 33.5 Å². The number of carbonyl (C=O) groups is 3. The number of benzene rings is 1. The van der Waals surface area contributed by atoms with Crippen LogP contribution in [-0.2, 0) is 25.6 Å². The van der Waals surface area contributed by atoms with Gasteiger partial charge in [0.15, 0.2) is 0 Å². The molecule has 1 heterocycles. The van der Waals surface area contributed by atoms with Crippen LogP contribution in [0.5, 0.6) is 0 Å². The van der Waals surface area contributed by atoms with Gasteiger partial charge >= 0.3 is 18.0 Å². The summed E-state index contributed by atoms with van der Waals surface area (Å²) in [5.74, 6) is -1.22. The van der Waals surface area contributed by atoms with Gasteiger partial charge in [-0.15, -0.1) is 0 Å². The van der Waals surface area contributed by atoms with Gasteiger partial charge < -0.3 is 24.8 Å². The molecule has 0 fully saturated rings. The van der Waals surface area contributed by atoms with Crippen molar-refractivity contribution in [1.29, 1.82) is 0 Å². The number of hydrogen-bond donors (Lipinski definition) is 2. The monoisotopic (exact) mass is 474 g/mol. The molecule has 2 rings (SSSR count). The molecule has 12 nitrogen and oxygen atoms in total. The molecule has 1 unspecified atom stereocenters. The topological polar surface area (TPSA) is 159 Å². The van der Waals surface area contributed by atoms with E-state index in [9.17, 15) is 24.5 Å². The number of aromatic nitrogens is 1. The second kappa shape index (κ2) is 13.4. The molecule has 1 aromatic carbocycles. The Bertz CT molecular complexity index is 1000. The summed E-state index contributed by atoms with van der Waals surface area (Å²) >= 11 is 0. The summed E-state index contributed by atoms with van der Waals surface area (Å²) in [7, 11) is 2.39.